The summed E-state index contributed by atoms with van der Waals surface area (Å²) >= 11 is 1.82. The quantitative estimate of drug-likeness (QED) is 0.681. The van der Waals surface area contributed by atoms with E-state index in [1.807, 2.05) is 17.6 Å². The summed E-state index contributed by atoms with van der Waals surface area (Å²) in [4.78, 5) is 0. The number of hydrogen-bond donors (Lipinski definition) is 1. The van der Waals surface area contributed by atoms with Crippen molar-refractivity contribution in [2.75, 3.05) is 6.54 Å². The van der Waals surface area contributed by atoms with E-state index in [1.54, 1.807) is 0 Å². The number of thiophene rings is 1. The predicted molar refractivity (Wildman–Crippen MR) is 90.0 cm³/mol. The Balaban J connectivity index is 2.09. The van der Waals surface area contributed by atoms with E-state index in [2.05, 4.69) is 54.9 Å². The summed E-state index contributed by atoms with van der Waals surface area (Å²) in [5, 5.41) is 7.18. The summed E-state index contributed by atoms with van der Waals surface area (Å²) in [6, 6.07) is 11.1. The number of nitrogens with one attached hydrogen (secondary N) is 1. The Morgan fingerprint density at radius 3 is 2.86 bits per heavy atom. The van der Waals surface area contributed by atoms with Gasteiger partial charge in [0, 0.05) is 16.7 Å². The molecule has 0 amide bonds. The van der Waals surface area contributed by atoms with E-state index < -0.39 is 0 Å². The van der Waals surface area contributed by atoms with Crippen molar-refractivity contribution in [1.82, 2.24) is 5.32 Å². The first-order chi connectivity index (χ1) is 10.3. The Bertz CT molecular complexity index is 713. The summed E-state index contributed by atoms with van der Waals surface area (Å²) < 4.78 is 7.02. The molecule has 2 aromatic heterocycles. The summed E-state index contributed by atoms with van der Waals surface area (Å²) in [7, 11) is 0. The Morgan fingerprint density at radius 2 is 2.05 bits per heavy atom. The minimum absolute atomic E-state index is 0.209. The largest absolute Gasteiger partial charge is 0.469 e. The van der Waals surface area contributed by atoms with Crippen LogP contribution in [-0.2, 0) is 6.42 Å². The lowest BCUT2D eigenvalue weighted by Gasteiger charge is -2.20. The van der Waals surface area contributed by atoms with E-state index >= 15 is 0 Å². The third kappa shape index (κ3) is 2.76. The fraction of sp³-hybridized carbons (Fsp3) is 0.333. The number of aryl methyl sites for hydroxylation is 1. The van der Waals surface area contributed by atoms with Gasteiger partial charge < -0.3 is 9.73 Å². The van der Waals surface area contributed by atoms with Crippen molar-refractivity contribution < 1.29 is 4.42 Å². The van der Waals surface area contributed by atoms with Crippen LogP contribution < -0.4 is 5.32 Å². The molecule has 1 N–H and O–H groups in total. The molecule has 3 rings (SSSR count). The second-order valence-electron chi connectivity index (χ2n) is 5.23. The molecule has 21 heavy (non-hydrogen) atoms. The molecule has 3 heteroatoms. The van der Waals surface area contributed by atoms with Crippen molar-refractivity contribution in [2.24, 2.45) is 0 Å². The van der Waals surface area contributed by atoms with Crippen molar-refractivity contribution >= 4 is 21.4 Å². The molecule has 2 heterocycles. The molecule has 0 aliphatic carbocycles. The normalized spacial score (nSPS) is 12.9. The lowest BCUT2D eigenvalue weighted by molar-refractivity contribution is 0.500. The van der Waals surface area contributed by atoms with Crippen LogP contribution in [0.3, 0.4) is 0 Å². The topological polar surface area (TPSA) is 25.2 Å². The number of rotatable bonds is 6. The summed E-state index contributed by atoms with van der Waals surface area (Å²) in [6.45, 7) is 5.34. The standard InChI is InChI=1S/C18H21NOS/c1-3-10-19-17(14-8-11-20-16(14)4-2)15-7-5-6-13-9-12-21-18(13)15/h5-9,11-12,17,19H,3-4,10H2,1-2H3. The van der Waals surface area contributed by atoms with E-state index in [4.69, 9.17) is 4.42 Å². The molecule has 0 radical (unpaired) electrons. The number of benzene rings is 1. The van der Waals surface area contributed by atoms with Crippen LogP contribution in [0.5, 0.6) is 0 Å². The first-order valence-corrected chi connectivity index (χ1v) is 8.48. The maximum atomic E-state index is 5.65. The van der Waals surface area contributed by atoms with Gasteiger partial charge in [-0.05, 0) is 41.4 Å². The Kier molecular flexibility index (Phi) is 4.42. The second kappa shape index (κ2) is 6.46. The maximum absolute atomic E-state index is 5.65. The van der Waals surface area contributed by atoms with Gasteiger partial charge in [0.15, 0.2) is 0 Å². The first-order valence-electron chi connectivity index (χ1n) is 7.61. The zero-order valence-corrected chi connectivity index (χ0v) is 13.4. The van der Waals surface area contributed by atoms with Crippen LogP contribution in [-0.4, -0.2) is 6.54 Å². The first kappa shape index (κ1) is 14.4. The van der Waals surface area contributed by atoms with Crippen molar-refractivity contribution in [2.45, 2.75) is 32.7 Å². The Morgan fingerprint density at radius 1 is 1.14 bits per heavy atom. The van der Waals surface area contributed by atoms with Gasteiger partial charge in [-0.15, -0.1) is 11.3 Å². The van der Waals surface area contributed by atoms with Gasteiger partial charge in [-0.1, -0.05) is 32.0 Å². The molecule has 0 bridgehead atoms. The van der Waals surface area contributed by atoms with E-state index in [9.17, 15) is 0 Å². The van der Waals surface area contributed by atoms with Gasteiger partial charge in [-0.2, -0.15) is 0 Å². The lowest BCUT2D eigenvalue weighted by atomic mass is 9.97. The number of furan rings is 1. The third-order valence-electron chi connectivity index (χ3n) is 3.83. The molecule has 0 aliphatic heterocycles. The monoisotopic (exact) mass is 299 g/mol. The molecule has 0 spiro atoms. The number of fused-ring (bicyclic) bond motifs is 1. The molecule has 3 aromatic rings. The molecular weight excluding hydrogens is 278 g/mol. The highest BCUT2D eigenvalue weighted by atomic mass is 32.1. The van der Waals surface area contributed by atoms with Crippen molar-refractivity contribution in [3.63, 3.8) is 0 Å². The molecule has 1 atom stereocenters. The second-order valence-corrected chi connectivity index (χ2v) is 6.14. The van der Waals surface area contributed by atoms with E-state index in [0.717, 1.165) is 25.1 Å². The molecule has 0 aliphatic rings. The average Bonchev–Trinajstić information content (AvgIpc) is 3.16. The smallest absolute Gasteiger partial charge is 0.108 e. The molecule has 1 unspecified atom stereocenters. The van der Waals surface area contributed by atoms with Crippen LogP contribution in [0.15, 0.2) is 46.4 Å². The fourth-order valence-corrected chi connectivity index (χ4v) is 3.76. The maximum Gasteiger partial charge on any atom is 0.108 e. The summed E-state index contributed by atoms with van der Waals surface area (Å²) in [5.41, 5.74) is 2.62. The van der Waals surface area contributed by atoms with E-state index in [0.29, 0.717) is 0 Å². The van der Waals surface area contributed by atoms with Gasteiger partial charge >= 0.3 is 0 Å². The average molecular weight is 299 g/mol. The summed E-state index contributed by atoms with van der Waals surface area (Å²) in [6.07, 6.45) is 3.85. The fourth-order valence-electron chi connectivity index (χ4n) is 2.81. The van der Waals surface area contributed by atoms with Gasteiger partial charge in [0.1, 0.15) is 5.76 Å². The minimum atomic E-state index is 0.209. The van der Waals surface area contributed by atoms with Gasteiger partial charge in [-0.3, -0.25) is 0 Å². The molecule has 0 saturated carbocycles. The zero-order chi connectivity index (χ0) is 14.7. The molecule has 0 saturated heterocycles. The summed E-state index contributed by atoms with van der Waals surface area (Å²) in [5.74, 6) is 1.08. The Hall–Kier alpha value is -1.58. The third-order valence-corrected chi connectivity index (χ3v) is 4.81. The van der Waals surface area contributed by atoms with Gasteiger partial charge in [-0.25, -0.2) is 0 Å². The lowest BCUT2D eigenvalue weighted by Crippen LogP contribution is -2.23. The van der Waals surface area contributed by atoms with Crippen LogP contribution in [0.25, 0.3) is 10.1 Å². The molecular formula is C18H21NOS. The van der Waals surface area contributed by atoms with E-state index in [-0.39, 0.29) is 6.04 Å². The van der Waals surface area contributed by atoms with Crippen LogP contribution >= 0.6 is 11.3 Å². The predicted octanol–water partition coefficient (Wildman–Crippen LogP) is 5.15. The minimum Gasteiger partial charge on any atom is -0.469 e. The van der Waals surface area contributed by atoms with Gasteiger partial charge in [0.25, 0.3) is 0 Å². The van der Waals surface area contributed by atoms with E-state index in [1.165, 1.54) is 21.2 Å². The Labute approximate surface area is 129 Å². The SMILES string of the molecule is CCCNC(c1ccoc1CC)c1cccc2ccsc12. The molecule has 0 fully saturated rings. The molecule has 2 nitrogen and oxygen atoms in total. The van der Waals surface area contributed by atoms with Crippen molar-refractivity contribution in [3.05, 3.63) is 58.9 Å². The highest BCUT2D eigenvalue weighted by Crippen LogP contribution is 2.34. The van der Waals surface area contributed by atoms with Crippen LogP contribution in [0.1, 0.15) is 43.2 Å². The highest BCUT2D eigenvalue weighted by molar-refractivity contribution is 7.17. The van der Waals surface area contributed by atoms with Crippen LogP contribution in [0.4, 0.5) is 0 Å². The van der Waals surface area contributed by atoms with Crippen molar-refractivity contribution in [3.8, 4) is 0 Å². The van der Waals surface area contributed by atoms with Crippen molar-refractivity contribution in [1.29, 1.82) is 0 Å². The molecule has 110 valence electrons. The number of hydrogen-bond acceptors (Lipinski definition) is 3. The van der Waals surface area contributed by atoms with Gasteiger partial charge in [0.05, 0.1) is 12.3 Å². The molecule has 1 aromatic carbocycles. The highest BCUT2D eigenvalue weighted by Gasteiger charge is 2.20. The van der Waals surface area contributed by atoms with Gasteiger partial charge in [0.2, 0.25) is 0 Å². The van der Waals surface area contributed by atoms with Crippen LogP contribution in [0.2, 0.25) is 0 Å². The van der Waals surface area contributed by atoms with Crippen LogP contribution in [0, 0.1) is 0 Å². The zero-order valence-electron chi connectivity index (χ0n) is 12.6.